The van der Waals surface area contributed by atoms with Crippen LogP contribution < -0.4 is 11.1 Å². The fourth-order valence-electron chi connectivity index (χ4n) is 3.53. The highest BCUT2D eigenvalue weighted by Crippen LogP contribution is 2.30. The third kappa shape index (κ3) is 4.24. The summed E-state index contributed by atoms with van der Waals surface area (Å²) < 4.78 is 1.93. The molecule has 0 fully saturated rings. The van der Waals surface area contributed by atoms with Crippen LogP contribution in [0, 0.1) is 0 Å². The van der Waals surface area contributed by atoms with Crippen molar-refractivity contribution >= 4 is 40.3 Å². The predicted molar refractivity (Wildman–Crippen MR) is 128 cm³/mol. The van der Waals surface area contributed by atoms with Crippen LogP contribution in [0.4, 0.5) is 11.6 Å². The number of halogens is 1. The molecule has 3 N–H and O–H groups in total. The summed E-state index contributed by atoms with van der Waals surface area (Å²) in [5, 5.41) is 3.28. The lowest BCUT2D eigenvalue weighted by molar-refractivity contribution is -0.115. The molecule has 0 unspecified atom stereocenters. The Labute approximate surface area is 194 Å². The summed E-state index contributed by atoms with van der Waals surface area (Å²) in [7, 11) is 0. The van der Waals surface area contributed by atoms with Crippen LogP contribution in [-0.2, 0) is 11.2 Å². The van der Waals surface area contributed by atoms with E-state index in [1.807, 2.05) is 53.1 Å². The van der Waals surface area contributed by atoms with Crippen LogP contribution in [0.25, 0.3) is 28.2 Å². The van der Waals surface area contributed by atoms with Gasteiger partial charge in [0.05, 0.1) is 17.0 Å². The number of imidazole rings is 1. The predicted octanol–water partition coefficient (Wildman–Crippen LogP) is 4.29. The maximum Gasteiger partial charge on any atom is 0.229 e. The number of aromatic nitrogens is 5. The second-order valence-electron chi connectivity index (χ2n) is 7.31. The van der Waals surface area contributed by atoms with Gasteiger partial charge in [-0.3, -0.25) is 9.36 Å². The number of amides is 1. The van der Waals surface area contributed by atoms with E-state index >= 15 is 0 Å². The maximum atomic E-state index is 12.4. The molecule has 4 aromatic heterocycles. The second kappa shape index (κ2) is 8.68. The van der Waals surface area contributed by atoms with Gasteiger partial charge in [0.15, 0.2) is 11.5 Å². The first kappa shape index (κ1) is 20.6. The first-order chi connectivity index (χ1) is 16.1. The normalized spacial score (nSPS) is 10.9. The van der Waals surface area contributed by atoms with Gasteiger partial charge in [0, 0.05) is 24.3 Å². The zero-order valence-electron chi connectivity index (χ0n) is 17.3. The number of benzene rings is 1. The van der Waals surface area contributed by atoms with Gasteiger partial charge in [-0.25, -0.2) is 19.9 Å². The van der Waals surface area contributed by atoms with Crippen molar-refractivity contribution in [3.63, 3.8) is 0 Å². The fraction of sp³-hybridized carbons (Fsp3) is 0.0417. The lowest BCUT2D eigenvalue weighted by Gasteiger charge is -2.11. The lowest BCUT2D eigenvalue weighted by atomic mass is 10.1. The first-order valence-electron chi connectivity index (χ1n) is 10.1. The Bertz CT molecular complexity index is 1450. The maximum absolute atomic E-state index is 12.4. The monoisotopic (exact) mass is 455 g/mol. The molecule has 0 saturated carbocycles. The summed E-state index contributed by atoms with van der Waals surface area (Å²) in [5.41, 5.74) is 9.99. The summed E-state index contributed by atoms with van der Waals surface area (Å²) in [6.45, 7) is 0. The van der Waals surface area contributed by atoms with E-state index in [4.69, 9.17) is 22.3 Å². The molecule has 162 valence electrons. The van der Waals surface area contributed by atoms with E-state index < -0.39 is 0 Å². The van der Waals surface area contributed by atoms with Crippen molar-refractivity contribution in [3.05, 3.63) is 89.8 Å². The molecule has 0 spiro atoms. The number of hydrogen-bond donors (Lipinski definition) is 2. The largest absolute Gasteiger partial charge is 0.383 e. The summed E-state index contributed by atoms with van der Waals surface area (Å²) in [6, 6.07) is 18.4. The summed E-state index contributed by atoms with van der Waals surface area (Å²) >= 11 is 5.83. The van der Waals surface area contributed by atoms with Crippen LogP contribution in [0.15, 0.2) is 79.3 Å². The molecular weight excluding hydrogens is 438 g/mol. The van der Waals surface area contributed by atoms with Crippen LogP contribution in [0.5, 0.6) is 0 Å². The number of nitrogens with one attached hydrogen (secondary N) is 1. The highest BCUT2D eigenvalue weighted by atomic mass is 35.5. The molecule has 1 aromatic carbocycles. The standard InChI is InChI=1S/C24H18ClN7O/c25-16-7-10-20(29-14-16)31-21(33)13-15-5-8-17(9-6-15)32-23(18-3-1-11-27-22(18)26)30-19-4-2-12-28-24(19)32/h1-12,14H,13H2,(H2,26,27)(H,29,31,33). The number of rotatable bonds is 5. The summed E-state index contributed by atoms with van der Waals surface area (Å²) in [4.78, 5) is 29.9. The zero-order chi connectivity index (χ0) is 22.8. The number of carbonyl (C=O) groups is 1. The van der Waals surface area contributed by atoms with Gasteiger partial charge in [0.2, 0.25) is 5.91 Å². The Morgan fingerprint density at radius 3 is 2.52 bits per heavy atom. The van der Waals surface area contributed by atoms with Gasteiger partial charge in [-0.05, 0) is 54.1 Å². The second-order valence-corrected chi connectivity index (χ2v) is 7.74. The Balaban J connectivity index is 1.45. The number of carbonyl (C=O) groups excluding carboxylic acids is 1. The van der Waals surface area contributed by atoms with Gasteiger partial charge >= 0.3 is 0 Å². The van der Waals surface area contributed by atoms with Crippen molar-refractivity contribution in [2.75, 3.05) is 11.1 Å². The molecule has 9 heteroatoms. The molecule has 33 heavy (non-hydrogen) atoms. The van der Waals surface area contributed by atoms with Crippen molar-refractivity contribution in [1.29, 1.82) is 0 Å². The van der Waals surface area contributed by atoms with Crippen molar-refractivity contribution in [2.45, 2.75) is 6.42 Å². The average molecular weight is 456 g/mol. The molecule has 0 aliphatic rings. The smallest absolute Gasteiger partial charge is 0.229 e. The zero-order valence-corrected chi connectivity index (χ0v) is 18.1. The van der Waals surface area contributed by atoms with E-state index in [0.29, 0.717) is 28.1 Å². The van der Waals surface area contributed by atoms with E-state index in [0.717, 1.165) is 22.3 Å². The van der Waals surface area contributed by atoms with E-state index in [1.165, 1.54) is 6.20 Å². The molecule has 0 atom stereocenters. The third-order valence-corrected chi connectivity index (χ3v) is 5.27. The Hall–Kier alpha value is -4.30. The molecule has 0 bridgehead atoms. The Morgan fingerprint density at radius 2 is 1.76 bits per heavy atom. The molecule has 5 rings (SSSR count). The minimum atomic E-state index is -0.170. The van der Waals surface area contributed by atoms with Crippen LogP contribution in [0.3, 0.4) is 0 Å². The minimum Gasteiger partial charge on any atom is -0.383 e. The Kier molecular flexibility index (Phi) is 5.42. The van der Waals surface area contributed by atoms with Crippen LogP contribution in [-0.4, -0.2) is 30.4 Å². The van der Waals surface area contributed by atoms with Crippen LogP contribution in [0.1, 0.15) is 5.56 Å². The van der Waals surface area contributed by atoms with Crippen LogP contribution >= 0.6 is 11.6 Å². The molecule has 0 aliphatic carbocycles. The fourth-order valence-corrected chi connectivity index (χ4v) is 3.64. The van der Waals surface area contributed by atoms with Crippen molar-refractivity contribution in [1.82, 2.24) is 24.5 Å². The van der Waals surface area contributed by atoms with Gasteiger partial charge in [0.1, 0.15) is 17.2 Å². The minimum absolute atomic E-state index is 0.170. The molecular formula is C24H18ClN7O. The molecule has 8 nitrogen and oxygen atoms in total. The number of nitrogen functional groups attached to an aromatic ring is 1. The number of anilines is 2. The lowest BCUT2D eigenvalue weighted by Crippen LogP contribution is -2.15. The van der Waals surface area contributed by atoms with Crippen molar-refractivity contribution in [2.24, 2.45) is 0 Å². The molecule has 5 aromatic rings. The number of nitrogens with two attached hydrogens (primary N) is 1. The van der Waals surface area contributed by atoms with E-state index in [1.54, 1.807) is 24.5 Å². The highest BCUT2D eigenvalue weighted by Gasteiger charge is 2.17. The quantitative estimate of drug-likeness (QED) is 0.408. The van der Waals surface area contributed by atoms with E-state index in [-0.39, 0.29) is 12.3 Å². The number of hydrogen-bond acceptors (Lipinski definition) is 6. The van der Waals surface area contributed by atoms with Gasteiger partial charge in [-0.2, -0.15) is 0 Å². The van der Waals surface area contributed by atoms with Crippen molar-refractivity contribution < 1.29 is 4.79 Å². The first-order valence-corrected chi connectivity index (χ1v) is 10.5. The molecule has 1 amide bonds. The molecule has 0 radical (unpaired) electrons. The summed E-state index contributed by atoms with van der Waals surface area (Å²) in [6.07, 6.45) is 5.06. The van der Waals surface area contributed by atoms with Gasteiger partial charge in [0.25, 0.3) is 0 Å². The van der Waals surface area contributed by atoms with Gasteiger partial charge < -0.3 is 11.1 Å². The number of pyridine rings is 3. The summed E-state index contributed by atoms with van der Waals surface area (Å²) in [5.74, 6) is 1.32. The number of nitrogens with zero attached hydrogens (tertiary/aromatic N) is 5. The van der Waals surface area contributed by atoms with Gasteiger partial charge in [-0.1, -0.05) is 23.7 Å². The molecule has 0 aliphatic heterocycles. The van der Waals surface area contributed by atoms with E-state index in [9.17, 15) is 4.79 Å². The van der Waals surface area contributed by atoms with Gasteiger partial charge in [-0.15, -0.1) is 0 Å². The SMILES string of the molecule is Nc1ncccc1-c1nc2cccnc2n1-c1ccc(CC(=O)Nc2ccc(Cl)cn2)cc1. The topological polar surface area (TPSA) is 112 Å². The highest BCUT2D eigenvalue weighted by molar-refractivity contribution is 6.30. The average Bonchev–Trinajstić information content (AvgIpc) is 3.21. The van der Waals surface area contributed by atoms with Crippen LogP contribution in [0.2, 0.25) is 5.02 Å². The van der Waals surface area contributed by atoms with E-state index in [2.05, 4.69) is 20.3 Å². The number of fused-ring (bicyclic) bond motifs is 1. The third-order valence-electron chi connectivity index (χ3n) is 5.05. The van der Waals surface area contributed by atoms with Crippen molar-refractivity contribution in [3.8, 4) is 17.1 Å². The molecule has 4 heterocycles. The molecule has 0 saturated heterocycles. The Morgan fingerprint density at radius 1 is 0.970 bits per heavy atom.